The summed E-state index contributed by atoms with van der Waals surface area (Å²) in [6, 6.07) is 95.1. The maximum absolute atomic E-state index is 5.16. The van der Waals surface area contributed by atoms with Gasteiger partial charge in [-0.2, -0.15) is 0 Å². The third-order valence-corrected chi connectivity index (χ3v) is 18.2. The first-order chi connectivity index (χ1) is 47.5. The van der Waals surface area contributed by atoms with Gasteiger partial charge in [0.2, 0.25) is 0 Å². The Balaban J connectivity index is 0.000000141. The molecule has 0 aliphatic heterocycles. The van der Waals surface area contributed by atoms with Crippen LogP contribution in [-0.4, -0.2) is 49.8 Å². The molecule has 0 spiro atoms. The van der Waals surface area contributed by atoms with Crippen molar-refractivity contribution in [2.24, 2.45) is 0 Å². The van der Waals surface area contributed by atoms with Crippen molar-refractivity contribution in [3.8, 4) is 89.7 Å². The lowest BCUT2D eigenvalue weighted by Gasteiger charge is -2.13. The van der Waals surface area contributed by atoms with Gasteiger partial charge in [0.15, 0.2) is 0 Å². The molecule has 0 atom stereocenters. The number of nitrogens with zero attached hydrogens (tertiary/aromatic N) is 10. The van der Waals surface area contributed by atoms with E-state index >= 15 is 0 Å². The predicted octanol–water partition coefficient (Wildman–Crippen LogP) is 21.0. The fraction of sp³-hybridized carbons (Fsp3) is 0. The molecule has 0 unspecified atom stereocenters. The minimum atomic E-state index is 0.916. The quantitative estimate of drug-likeness (QED) is 0.136. The van der Waals surface area contributed by atoms with Gasteiger partial charge in [0.1, 0.15) is 0 Å². The van der Waals surface area contributed by atoms with Crippen molar-refractivity contribution in [2.45, 2.75) is 0 Å². The Morgan fingerprint density at radius 2 is 0.562 bits per heavy atom. The molecule has 0 saturated heterocycles. The van der Waals surface area contributed by atoms with Crippen molar-refractivity contribution in [3.63, 3.8) is 0 Å². The van der Waals surface area contributed by atoms with Gasteiger partial charge in [-0.3, -0.25) is 24.9 Å². The van der Waals surface area contributed by atoms with Gasteiger partial charge in [0, 0.05) is 114 Å². The minimum absolute atomic E-state index is 0.916. The Morgan fingerprint density at radius 1 is 0.177 bits per heavy atom. The normalized spacial score (nSPS) is 11.5. The zero-order valence-corrected chi connectivity index (χ0v) is 51.5. The summed E-state index contributed by atoms with van der Waals surface area (Å²) < 4.78 is 0. The van der Waals surface area contributed by atoms with E-state index in [0.717, 1.165) is 188 Å². The van der Waals surface area contributed by atoms with E-state index in [1.807, 2.05) is 61.1 Å². The highest BCUT2D eigenvalue weighted by atomic mass is 14.8. The van der Waals surface area contributed by atoms with Crippen LogP contribution in [0.2, 0.25) is 0 Å². The number of hydrogen-bond donors (Lipinski definition) is 0. The highest BCUT2D eigenvalue weighted by Crippen LogP contribution is 2.39. The van der Waals surface area contributed by atoms with Crippen LogP contribution in [0.4, 0.5) is 0 Å². The maximum Gasteiger partial charge on any atom is 0.0972 e. The van der Waals surface area contributed by atoms with Crippen molar-refractivity contribution in [3.05, 3.63) is 316 Å². The van der Waals surface area contributed by atoms with E-state index in [1.165, 1.54) is 0 Å². The highest BCUT2D eigenvalue weighted by molar-refractivity contribution is 6.11. The van der Waals surface area contributed by atoms with Crippen LogP contribution in [0.3, 0.4) is 0 Å². The molecule has 0 aliphatic rings. The third-order valence-electron chi connectivity index (χ3n) is 18.2. The van der Waals surface area contributed by atoms with E-state index < -0.39 is 0 Å². The molecule has 0 N–H and O–H groups in total. The number of hydrogen-bond acceptors (Lipinski definition) is 10. The summed E-state index contributed by atoms with van der Waals surface area (Å²) in [6.45, 7) is 0. The molecule has 0 radical (unpaired) electrons. The van der Waals surface area contributed by atoms with Crippen molar-refractivity contribution >= 4 is 98.0 Å². The van der Waals surface area contributed by atoms with E-state index in [1.54, 1.807) is 24.8 Å². The van der Waals surface area contributed by atoms with Gasteiger partial charge in [-0.25, -0.2) is 24.9 Å². The van der Waals surface area contributed by atoms with Crippen LogP contribution in [0, 0.1) is 0 Å². The predicted molar refractivity (Wildman–Crippen MR) is 392 cm³/mol. The standard InChI is InChI=1S/C45H27N5.C41H25N5/c1-2-6-36-35(5-1)37(15-16-38(36)42-19-12-31-9-8-30-4-3-23-47-44(30)45(31)50-42)41-20-14-34-26-32(13-18-40(34)48-41)33-10-7-28-11-17-39(49-43(28)27-33)29-21-24-46-25-22-29;1-3-33-24-35(34-4-2-20-44-41(34)40(33)43-19-1)26-5-7-27(8-6-26)36-16-13-32-23-30(12-15-38(32)45-36)31-10-9-28-11-14-37(46-39(28)25-31)29-17-21-42-22-18-29/h1-27H;1-25H. The molecule has 446 valence electrons. The Morgan fingerprint density at radius 3 is 1.15 bits per heavy atom. The topological polar surface area (TPSA) is 129 Å². The lowest BCUT2D eigenvalue weighted by molar-refractivity contribution is 1.31. The Bertz CT molecular complexity index is 6280. The molecule has 0 fully saturated rings. The van der Waals surface area contributed by atoms with Gasteiger partial charge in [-0.15, -0.1) is 0 Å². The lowest BCUT2D eigenvalue weighted by atomic mass is 9.95. The molecule has 0 bridgehead atoms. The van der Waals surface area contributed by atoms with Crippen LogP contribution in [0.1, 0.15) is 0 Å². The van der Waals surface area contributed by atoms with Gasteiger partial charge in [0.05, 0.1) is 72.6 Å². The van der Waals surface area contributed by atoms with Crippen LogP contribution in [0.25, 0.3) is 188 Å². The molecule has 0 aliphatic carbocycles. The van der Waals surface area contributed by atoms with Crippen LogP contribution in [0.5, 0.6) is 0 Å². The van der Waals surface area contributed by atoms with E-state index in [-0.39, 0.29) is 0 Å². The summed E-state index contributed by atoms with van der Waals surface area (Å²) >= 11 is 0. The monoisotopic (exact) mass is 1220 g/mol. The first-order valence-electron chi connectivity index (χ1n) is 31.9. The van der Waals surface area contributed by atoms with Crippen molar-refractivity contribution < 1.29 is 0 Å². The van der Waals surface area contributed by atoms with Gasteiger partial charge >= 0.3 is 0 Å². The molecule has 19 rings (SSSR count). The number of aromatic nitrogens is 10. The van der Waals surface area contributed by atoms with Gasteiger partial charge in [-0.1, -0.05) is 158 Å². The van der Waals surface area contributed by atoms with E-state index in [0.29, 0.717) is 0 Å². The van der Waals surface area contributed by atoms with Gasteiger partial charge < -0.3 is 0 Å². The van der Waals surface area contributed by atoms with Crippen molar-refractivity contribution in [1.82, 2.24) is 49.8 Å². The second-order valence-corrected chi connectivity index (χ2v) is 24.0. The van der Waals surface area contributed by atoms with Crippen molar-refractivity contribution in [2.75, 3.05) is 0 Å². The fourth-order valence-corrected chi connectivity index (χ4v) is 13.3. The minimum Gasteiger partial charge on any atom is -0.265 e. The number of pyridine rings is 10. The smallest absolute Gasteiger partial charge is 0.0972 e. The summed E-state index contributed by atoms with van der Waals surface area (Å²) in [5.41, 5.74) is 24.4. The van der Waals surface area contributed by atoms with E-state index in [2.05, 4.69) is 255 Å². The van der Waals surface area contributed by atoms with E-state index in [9.17, 15) is 0 Å². The summed E-state index contributed by atoms with van der Waals surface area (Å²) in [4.78, 5) is 47.5. The molecule has 10 aromatic heterocycles. The van der Waals surface area contributed by atoms with Crippen LogP contribution in [0.15, 0.2) is 316 Å². The number of fused-ring (bicyclic) bond motifs is 11. The molecule has 96 heavy (non-hydrogen) atoms. The first kappa shape index (κ1) is 55.6. The molecule has 19 aromatic rings. The molecular weight excluding hydrogens is 1170 g/mol. The summed E-state index contributed by atoms with van der Waals surface area (Å²) in [5, 5.41) is 11.0. The summed E-state index contributed by atoms with van der Waals surface area (Å²) in [7, 11) is 0. The summed E-state index contributed by atoms with van der Waals surface area (Å²) in [6.07, 6.45) is 12.7. The Labute approximate surface area is 550 Å². The third kappa shape index (κ3) is 10.3. The number of benzene rings is 9. The fourth-order valence-electron chi connectivity index (χ4n) is 13.3. The molecule has 10 heterocycles. The summed E-state index contributed by atoms with van der Waals surface area (Å²) in [5.74, 6) is 0. The maximum atomic E-state index is 5.16. The average molecular weight is 1230 g/mol. The van der Waals surface area contributed by atoms with Crippen LogP contribution >= 0.6 is 0 Å². The molecule has 10 heteroatoms. The second kappa shape index (κ2) is 23.5. The average Bonchev–Trinajstić information content (AvgIpc) is 0.798. The van der Waals surface area contributed by atoms with Crippen LogP contribution < -0.4 is 0 Å². The first-order valence-corrected chi connectivity index (χ1v) is 31.9. The van der Waals surface area contributed by atoms with Gasteiger partial charge in [-0.05, 0) is 159 Å². The molecule has 0 saturated carbocycles. The lowest BCUT2D eigenvalue weighted by Crippen LogP contribution is -1.92. The number of rotatable bonds is 8. The largest absolute Gasteiger partial charge is 0.265 e. The highest BCUT2D eigenvalue weighted by Gasteiger charge is 2.17. The van der Waals surface area contributed by atoms with Crippen molar-refractivity contribution in [1.29, 1.82) is 0 Å². The second-order valence-electron chi connectivity index (χ2n) is 24.0. The molecule has 9 aromatic carbocycles. The SMILES string of the molecule is c1cnc2c(c1)cc(-c1ccc(-c3ccc4cc(-c5ccc6ccc(-c7ccncc7)nc6c5)ccc4n3)cc1)c1cccnc12.c1cnc2c(c1)ccc1ccc(-c3ccc(-c4ccc5cc(-c6ccc7ccc(-c8ccncc8)nc7c6)ccc5n4)c4ccccc34)nc12. The molecular formula is C86H52N10. The molecule has 0 amide bonds. The van der Waals surface area contributed by atoms with Crippen LogP contribution in [-0.2, 0) is 0 Å². The Kier molecular flexibility index (Phi) is 13.6. The van der Waals surface area contributed by atoms with Gasteiger partial charge in [0.25, 0.3) is 0 Å². The Hall–Kier alpha value is -13.2. The zero-order chi connectivity index (χ0) is 63.5. The van der Waals surface area contributed by atoms with E-state index in [4.69, 9.17) is 24.9 Å². The zero-order valence-electron chi connectivity index (χ0n) is 51.5. The molecule has 10 nitrogen and oxygen atoms in total.